The smallest absolute Gasteiger partial charge is 0.00937 e. The first-order valence-corrected chi connectivity index (χ1v) is 4.85. The summed E-state index contributed by atoms with van der Waals surface area (Å²) in [6.07, 6.45) is 5.46. The van der Waals surface area contributed by atoms with E-state index in [4.69, 9.17) is 0 Å². The van der Waals surface area contributed by atoms with Crippen LogP contribution in [0.4, 0.5) is 0 Å². The van der Waals surface area contributed by atoms with Crippen molar-refractivity contribution < 1.29 is 0 Å². The molecule has 3 rings (SSSR count). The Morgan fingerprint density at radius 3 is 2.42 bits per heavy atom. The van der Waals surface area contributed by atoms with Crippen molar-refractivity contribution in [1.82, 2.24) is 0 Å². The third kappa shape index (κ3) is 1.06. The Labute approximate surface area is 73.6 Å². The fraction of sp³-hybridized carbons (Fsp3) is 0.417. The van der Waals surface area contributed by atoms with E-state index in [2.05, 4.69) is 36.8 Å². The van der Waals surface area contributed by atoms with Gasteiger partial charge in [-0.25, -0.2) is 0 Å². The number of rotatable bonds is 2. The molecule has 12 heavy (non-hydrogen) atoms. The van der Waals surface area contributed by atoms with E-state index in [0.29, 0.717) is 0 Å². The lowest BCUT2D eigenvalue weighted by molar-refractivity contribution is 0.703. The van der Waals surface area contributed by atoms with Gasteiger partial charge in [0.15, 0.2) is 0 Å². The van der Waals surface area contributed by atoms with Gasteiger partial charge in [0.25, 0.3) is 0 Å². The Bertz CT molecular complexity index is 271. The van der Waals surface area contributed by atoms with E-state index in [9.17, 15) is 0 Å². The Kier molecular flexibility index (Phi) is 1.31. The zero-order chi connectivity index (χ0) is 7.97. The molecule has 0 N–H and O–H groups in total. The van der Waals surface area contributed by atoms with Gasteiger partial charge in [-0.1, -0.05) is 30.3 Å². The van der Waals surface area contributed by atoms with Gasteiger partial charge < -0.3 is 0 Å². The summed E-state index contributed by atoms with van der Waals surface area (Å²) in [4.78, 5) is 0. The second kappa shape index (κ2) is 2.35. The van der Waals surface area contributed by atoms with E-state index in [-0.39, 0.29) is 0 Å². The second-order valence-electron chi connectivity index (χ2n) is 4.04. The summed E-state index contributed by atoms with van der Waals surface area (Å²) >= 11 is 0. The molecule has 2 aliphatic carbocycles. The lowest BCUT2D eigenvalue weighted by Crippen LogP contribution is -1.83. The van der Waals surface area contributed by atoms with Gasteiger partial charge in [-0.15, -0.1) is 0 Å². The van der Waals surface area contributed by atoms with E-state index in [1.807, 2.05) is 0 Å². The predicted octanol–water partition coefficient (Wildman–Crippen LogP) is 3.01. The Balaban J connectivity index is 1.76. The fourth-order valence-electron chi connectivity index (χ4n) is 2.12. The molecule has 0 nitrogen and oxygen atoms in total. The topological polar surface area (TPSA) is 0 Å². The van der Waals surface area contributed by atoms with Crippen LogP contribution < -0.4 is 0 Å². The highest BCUT2D eigenvalue weighted by Gasteiger charge is 2.48. The molecular weight excluding hydrogens is 144 g/mol. The van der Waals surface area contributed by atoms with Gasteiger partial charge in [0, 0.05) is 0 Å². The highest BCUT2D eigenvalue weighted by molar-refractivity contribution is 5.34. The zero-order valence-electron chi connectivity index (χ0n) is 7.11. The predicted molar refractivity (Wildman–Crippen MR) is 49.7 cm³/mol. The van der Waals surface area contributed by atoms with E-state index < -0.39 is 0 Å². The van der Waals surface area contributed by atoms with Crippen LogP contribution in [-0.2, 0) is 0 Å². The van der Waals surface area contributed by atoms with Crippen molar-refractivity contribution in [3.63, 3.8) is 0 Å². The largest absolute Gasteiger partial charge is 0.0622 e. The molecule has 0 heterocycles. The van der Waals surface area contributed by atoms with E-state index in [1.54, 1.807) is 0 Å². The van der Waals surface area contributed by atoms with Crippen LogP contribution in [0.3, 0.4) is 0 Å². The van der Waals surface area contributed by atoms with Crippen molar-refractivity contribution in [2.45, 2.75) is 18.8 Å². The average Bonchev–Trinajstić information content (AvgIpc) is 2.99. The molecule has 0 saturated heterocycles. The van der Waals surface area contributed by atoms with Crippen LogP contribution in [0.25, 0.3) is 0 Å². The van der Waals surface area contributed by atoms with Gasteiger partial charge in [-0.2, -0.15) is 0 Å². The van der Waals surface area contributed by atoms with Crippen molar-refractivity contribution in [1.29, 1.82) is 0 Å². The van der Waals surface area contributed by atoms with Crippen molar-refractivity contribution in [2.24, 2.45) is 11.8 Å². The molecule has 0 amide bonds. The van der Waals surface area contributed by atoms with Gasteiger partial charge in [0.2, 0.25) is 0 Å². The number of hydrogen-bond donors (Lipinski definition) is 0. The molecular formula is C12H13. The van der Waals surface area contributed by atoms with Crippen LogP contribution in [0.1, 0.15) is 24.3 Å². The molecule has 0 spiro atoms. The van der Waals surface area contributed by atoms with Crippen molar-refractivity contribution in [2.75, 3.05) is 0 Å². The highest BCUT2D eigenvalue weighted by Crippen LogP contribution is 2.58. The van der Waals surface area contributed by atoms with Crippen LogP contribution in [0.15, 0.2) is 30.3 Å². The second-order valence-corrected chi connectivity index (χ2v) is 4.04. The summed E-state index contributed by atoms with van der Waals surface area (Å²) in [6, 6.07) is 10.9. The van der Waals surface area contributed by atoms with E-state index >= 15 is 0 Å². The summed E-state index contributed by atoms with van der Waals surface area (Å²) in [7, 11) is 0. The minimum Gasteiger partial charge on any atom is -0.0622 e. The summed E-state index contributed by atoms with van der Waals surface area (Å²) in [5, 5.41) is 0. The molecule has 1 aromatic carbocycles. The van der Waals surface area contributed by atoms with Crippen LogP contribution in [0, 0.1) is 18.3 Å². The van der Waals surface area contributed by atoms with Gasteiger partial charge in [0.05, 0.1) is 0 Å². The van der Waals surface area contributed by atoms with Crippen molar-refractivity contribution >= 4 is 0 Å². The first-order chi connectivity index (χ1) is 5.95. The fourth-order valence-corrected chi connectivity index (χ4v) is 2.12. The molecule has 61 valence electrons. The Hall–Kier alpha value is -0.780. The molecule has 1 aromatic rings. The molecule has 2 unspecified atom stereocenters. The maximum absolute atomic E-state index is 2.51. The molecule has 0 heteroatoms. The van der Waals surface area contributed by atoms with Crippen molar-refractivity contribution in [3.05, 3.63) is 42.3 Å². The normalized spacial score (nSPS) is 33.3. The Morgan fingerprint density at radius 2 is 1.75 bits per heavy atom. The van der Waals surface area contributed by atoms with Crippen LogP contribution in [-0.4, -0.2) is 0 Å². The van der Waals surface area contributed by atoms with Crippen molar-refractivity contribution in [3.8, 4) is 0 Å². The molecule has 0 aliphatic heterocycles. The SMILES string of the molecule is [CH]1C(c2ccccc2)C1C1CC1. The first-order valence-electron chi connectivity index (χ1n) is 4.85. The molecule has 1 radical (unpaired) electrons. The van der Waals surface area contributed by atoms with E-state index in [1.165, 1.54) is 18.4 Å². The van der Waals surface area contributed by atoms with Crippen LogP contribution in [0.2, 0.25) is 0 Å². The minimum atomic E-state index is 0.804. The third-order valence-electron chi connectivity index (χ3n) is 3.05. The molecule has 2 saturated carbocycles. The maximum Gasteiger partial charge on any atom is -0.00937 e. The quantitative estimate of drug-likeness (QED) is 0.619. The highest BCUT2D eigenvalue weighted by atomic mass is 14.5. The molecule has 0 bridgehead atoms. The van der Waals surface area contributed by atoms with Crippen LogP contribution >= 0.6 is 0 Å². The van der Waals surface area contributed by atoms with Gasteiger partial charge >= 0.3 is 0 Å². The summed E-state index contributed by atoms with van der Waals surface area (Å²) in [5.41, 5.74) is 1.52. The molecule has 2 fully saturated rings. The van der Waals surface area contributed by atoms with Gasteiger partial charge in [-0.05, 0) is 42.6 Å². The number of hydrogen-bond acceptors (Lipinski definition) is 0. The van der Waals surface area contributed by atoms with Gasteiger partial charge in [0.1, 0.15) is 0 Å². The standard InChI is InChI=1S/C12H13/c1-2-4-9(5-3-1)11-8-12(11)10-6-7-10/h1-5,8,10-12H,6-7H2. The van der Waals surface area contributed by atoms with Gasteiger partial charge in [-0.3, -0.25) is 0 Å². The first kappa shape index (κ1) is 6.71. The number of benzene rings is 1. The molecule has 2 aliphatic rings. The summed E-state index contributed by atoms with van der Waals surface area (Å²) in [6.45, 7) is 0. The monoisotopic (exact) mass is 157 g/mol. The summed E-state index contributed by atoms with van der Waals surface area (Å²) in [5.74, 6) is 2.79. The molecule has 0 aromatic heterocycles. The van der Waals surface area contributed by atoms with E-state index in [0.717, 1.165) is 17.8 Å². The zero-order valence-corrected chi connectivity index (χ0v) is 7.11. The summed E-state index contributed by atoms with van der Waals surface area (Å²) < 4.78 is 0. The maximum atomic E-state index is 2.51. The van der Waals surface area contributed by atoms with Crippen LogP contribution in [0.5, 0.6) is 0 Å². The lowest BCUT2D eigenvalue weighted by atomic mass is 10.1. The Morgan fingerprint density at radius 1 is 1.00 bits per heavy atom. The average molecular weight is 157 g/mol. The lowest BCUT2D eigenvalue weighted by Gasteiger charge is -1.97. The third-order valence-corrected chi connectivity index (χ3v) is 3.05. The molecule has 2 atom stereocenters. The minimum absolute atomic E-state index is 0.804.